The minimum atomic E-state index is -4.01. The SMILES string of the molecule is CC(=O)Nc1ccc(S(=O)(=O)Nc2ccc3c(c2)CCC(=O)N3)cc1F. The summed E-state index contributed by atoms with van der Waals surface area (Å²) in [6.45, 7) is 1.23. The molecule has 1 aliphatic heterocycles. The van der Waals surface area contributed by atoms with Gasteiger partial charge in [-0.2, -0.15) is 0 Å². The fourth-order valence-corrected chi connectivity index (χ4v) is 3.68. The fourth-order valence-electron chi connectivity index (χ4n) is 2.61. The topological polar surface area (TPSA) is 104 Å². The van der Waals surface area contributed by atoms with Gasteiger partial charge in [0.2, 0.25) is 11.8 Å². The van der Waals surface area contributed by atoms with E-state index in [1.807, 2.05) is 0 Å². The molecule has 0 radical (unpaired) electrons. The van der Waals surface area contributed by atoms with Crippen molar-refractivity contribution in [3.63, 3.8) is 0 Å². The van der Waals surface area contributed by atoms with Crippen LogP contribution in [-0.2, 0) is 26.0 Å². The van der Waals surface area contributed by atoms with Crippen LogP contribution in [0.25, 0.3) is 0 Å². The summed E-state index contributed by atoms with van der Waals surface area (Å²) in [6, 6.07) is 8.00. The second-order valence-electron chi connectivity index (χ2n) is 5.85. The first-order valence-corrected chi connectivity index (χ1v) is 9.26. The molecule has 0 aromatic heterocycles. The summed E-state index contributed by atoms with van der Waals surface area (Å²) in [7, 11) is -4.01. The van der Waals surface area contributed by atoms with E-state index in [-0.39, 0.29) is 16.5 Å². The third kappa shape index (κ3) is 3.83. The van der Waals surface area contributed by atoms with Gasteiger partial charge in [0.1, 0.15) is 5.82 Å². The second kappa shape index (κ2) is 6.75. The number of sulfonamides is 1. The number of nitrogens with one attached hydrogen (secondary N) is 3. The number of benzene rings is 2. The van der Waals surface area contributed by atoms with E-state index in [1.54, 1.807) is 12.1 Å². The maximum absolute atomic E-state index is 14.0. The first-order valence-electron chi connectivity index (χ1n) is 7.77. The lowest BCUT2D eigenvalue weighted by atomic mass is 10.0. The lowest BCUT2D eigenvalue weighted by Crippen LogP contribution is -2.19. The van der Waals surface area contributed by atoms with Gasteiger partial charge in [0.05, 0.1) is 10.6 Å². The van der Waals surface area contributed by atoms with Crippen molar-refractivity contribution in [1.82, 2.24) is 0 Å². The summed E-state index contributed by atoms with van der Waals surface area (Å²) in [4.78, 5) is 22.1. The van der Waals surface area contributed by atoms with E-state index in [1.165, 1.54) is 25.1 Å². The van der Waals surface area contributed by atoms with Crippen LogP contribution in [0, 0.1) is 5.82 Å². The van der Waals surface area contributed by atoms with Crippen molar-refractivity contribution < 1.29 is 22.4 Å². The van der Waals surface area contributed by atoms with Crippen LogP contribution in [0.3, 0.4) is 0 Å². The van der Waals surface area contributed by atoms with Crippen LogP contribution in [0.4, 0.5) is 21.5 Å². The number of carbonyl (C=O) groups is 2. The molecule has 3 N–H and O–H groups in total. The van der Waals surface area contributed by atoms with Gasteiger partial charge in [-0.05, 0) is 48.4 Å². The lowest BCUT2D eigenvalue weighted by molar-refractivity contribution is -0.116. The minimum absolute atomic E-state index is 0.0828. The molecule has 2 aromatic carbocycles. The molecule has 0 fully saturated rings. The van der Waals surface area contributed by atoms with Crippen LogP contribution < -0.4 is 15.4 Å². The smallest absolute Gasteiger partial charge is 0.261 e. The van der Waals surface area contributed by atoms with Gasteiger partial charge < -0.3 is 10.6 Å². The molecule has 0 aliphatic carbocycles. The highest BCUT2D eigenvalue weighted by Gasteiger charge is 2.19. The molecule has 1 aliphatic rings. The molecule has 26 heavy (non-hydrogen) atoms. The predicted octanol–water partition coefficient (Wildman–Crippen LogP) is 2.47. The average Bonchev–Trinajstić information content (AvgIpc) is 2.56. The Bertz CT molecular complexity index is 1010. The molecule has 2 aromatic rings. The van der Waals surface area contributed by atoms with Gasteiger partial charge in [0, 0.05) is 24.7 Å². The van der Waals surface area contributed by atoms with Crippen LogP contribution in [-0.4, -0.2) is 20.2 Å². The van der Waals surface area contributed by atoms with E-state index in [4.69, 9.17) is 0 Å². The number of halogens is 1. The fraction of sp³-hybridized carbons (Fsp3) is 0.176. The summed E-state index contributed by atoms with van der Waals surface area (Å²) in [5, 5.41) is 4.99. The van der Waals surface area contributed by atoms with Gasteiger partial charge >= 0.3 is 0 Å². The van der Waals surface area contributed by atoms with Crippen molar-refractivity contribution in [1.29, 1.82) is 0 Å². The van der Waals surface area contributed by atoms with Crippen LogP contribution in [0.1, 0.15) is 18.9 Å². The van der Waals surface area contributed by atoms with E-state index < -0.39 is 21.7 Å². The molecule has 2 amide bonds. The number of aryl methyl sites for hydroxylation is 1. The summed E-state index contributed by atoms with van der Waals surface area (Å²) in [5.41, 5.74) is 1.68. The Balaban J connectivity index is 1.84. The number of amides is 2. The molecule has 136 valence electrons. The maximum atomic E-state index is 14.0. The average molecular weight is 377 g/mol. The van der Waals surface area contributed by atoms with E-state index in [2.05, 4.69) is 15.4 Å². The molecule has 0 unspecified atom stereocenters. The molecule has 1 heterocycles. The van der Waals surface area contributed by atoms with E-state index in [9.17, 15) is 22.4 Å². The van der Waals surface area contributed by atoms with Gasteiger partial charge in [-0.25, -0.2) is 12.8 Å². The Kier molecular flexibility index (Phi) is 4.64. The van der Waals surface area contributed by atoms with E-state index >= 15 is 0 Å². The lowest BCUT2D eigenvalue weighted by Gasteiger charge is -2.18. The Hall–Kier alpha value is -2.94. The van der Waals surface area contributed by atoms with Gasteiger partial charge in [0.25, 0.3) is 10.0 Å². The number of hydrogen-bond acceptors (Lipinski definition) is 4. The standard InChI is InChI=1S/C17H16FN3O4S/c1-10(22)19-16-6-4-13(9-14(16)18)26(24,25)21-12-3-5-15-11(8-12)2-7-17(23)20-15/h3-6,8-9,21H,2,7H2,1H3,(H,19,22)(H,20,23). The van der Waals surface area contributed by atoms with Gasteiger partial charge in [-0.1, -0.05) is 0 Å². The number of carbonyl (C=O) groups excluding carboxylic acids is 2. The highest BCUT2D eigenvalue weighted by atomic mass is 32.2. The zero-order valence-electron chi connectivity index (χ0n) is 13.8. The van der Waals surface area contributed by atoms with E-state index in [0.29, 0.717) is 24.2 Å². The first-order chi connectivity index (χ1) is 12.2. The second-order valence-corrected chi connectivity index (χ2v) is 7.53. The van der Waals surface area contributed by atoms with Gasteiger partial charge in [-0.15, -0.1) is 0 Å². The molecule has 0 saturated heterocycles. The summed E-state index contributed by atoms with van der Waals surface area (Å²) < 4.78 is 41.3. The summed E-state index contributed by atoms with van der Waals surface area (Å²) in [5.74, 6) is -1.39. The molecule has 7 nitrogen and oxygen atoms in total. The zero-order chi connectivity index (χ0) is 18.9. The maximum Gasteiger partial charge on any atom is 0.261 e. The van der Waals surface area contributed by atoms with Gasteiger partial charge in [-0.3, -0.25) is 14.3 Å². The van der Waals surface area contributed by atoms with Crippen molar-refractivity contribution in [2.24, 2.45) is 0 Å². The quantitative estimate of drug-likeness (QED) is 0.761. The first kappa shape index (κ1) is 17.9. The van der Waals surface area contributed by atoms with Crippen molar-refractivity contribution >= 4 is 38.9 Å². The predicted molar refractivity (Wildman–Crippen MR) is 94.9 cm³/mol. The Morgan fingerprint density at radius 2 is 1.92 bits per heavy atom. The number of fused-ring (bicyclic) bond motifs is 1. The van der Waals surface area contributed by atoms with E-state index in [0.717, 1.165) is 11.6 Å². The molecular formula is C17H16FN3O4S. The van der Waals surface area contributed by atoms with Crippen LogP contribution >= 0.6 is 0 Å². The summed E-state index contributed by atoms with van der Waals surface area (Å²) in [6.07, 6.45) is 0.843. The van der Waals surface area contributed by atoms with Crippen molar-refractivity contribution in [3.8, 4) is 0 Å². The Morgan fingerprint density at radius 1 is 1.15 bits per heavy atom. The third-order valence-corrected chi connectivity index (χ3v) is 5.19. The third-order valence-electron chi connectivity index (χ3n) is 3.81. The largest absolute Gasteiger partial charge is 0.326 e. The van der Waals surface area contributed by atoms with Crippen LogP contribution in [0.2, 0.25) is 0 Å². The minimum Gasteiger partial charge on any atom is -0.326 e. The molecule has 0 atom stereocenters. The zero-order valence-corrected chi connectivity index (χ0v) is 14.6. The van der Waals surface area contributed by atoms with Crippen LogP contribution in [0.5, 0.6) is 0 Å². The monoisotopic (exact) mass is 377 g/mol. The Morgan fingerprint density at radius 3 is 2.62 bits per heavy atom. The van der Waals surface area contributed by atoms with Crippen molar-refractivity contribution in [2.75, 3.05) is 15.4 Å². The molecule has 9 heteroatoms. The normalized spacial score (nSPS) is 13.5. The molecule has 3 rings (SSSR count). The number of rotatable bonds is 4. The highest BCUT2D eigenvalue weighted by molar-refractivity contribution is 7.92. The Labute approximate surface area is 149 Å². The van der Waals surface area contributed by atoms with Crippen molar-refractivity contribution in [2.45, 2.75) is 24.7 Å². The molecule has 0 bridgehead atoms. The molecule has 0 spiro atoms. The number of anilines is 3. The summed E-state index contributed by atoms with van der Waals surface area (Å²) >= 11 is 0. The van der Waals surface area contributed by atoms with Crippen LogP contribution in [0.15, 0.2) is 41.3 Å². The highest BCUT2D eigenvalue weighted by Crippen LogP contribution is 2.27. The van der Waals surface area contributed by atoms with Gasteiger partial charge in [0.15, 0.2) is 0 Å². The van der Waals surface area contributed by atoms with Crippen molar-refractivity contribution in [3.05, 3.63) is 47.8 Å². The number of hydrogen-bond donors (Lipinski definition) is 3. The molecule has 0 saturated carbocycles. The molecular weight excluding hydrogens is 361 g/mol.